The van der Waals surface area contributed by atoms with Gasteiger partial charge in [-0.05, 0) is 57.0 Å². The lowest BCUT2D eigenvalue weighted by Crippen LogP contribution is -2.59. The van der Waals surface area contributed by atoms with Crippen LogP contribution < -0.4 is 15.0 Å². The number of carbonyl (C=O) groups excluding carboxylic acids is 3. The zero-order valence-electron chi connectivity index (χ0n) is 16.9. The number of ether oxygens (including phenoxy) is 2. The Morgan fingerprint density at radius 1 is 1.07 bits per heavy atom. The minimum atomic E-state index is -1.12. The highest BCUT2D eigenvalue weighted by molar-refractivity contribution is 6.14. The maximum atomic E-state index is 12.8. The number of carbonyl (C=O) groups is 3. The van der Waals surface area contributed by atoms with E-state index in [1.807, 2.05) is 32.0 Å². The van der Waals surface area contributed by atoms with E-state index in [0.717, 1.165) is 11.1 Å². The quantitative estimate of drug-likeness (QED) is 0.786. The molecule has 0 fully saturated rings. The Kier molecular flexibility index (Phi) is 5.59. The normalized spacial score (nSPS) is 14.6. The molecule has 0 aliphatic carbocycles. The SMILES string of the molecule is Cc1ccc(C)c(OCC(=O)OCC(=O)N2c3ccccc3NC(=O)C2(C)C)c1. The van der Waals surface area contributed by atoms with E-state index in [4.69, 9.17) is 9.47 Å². The van der Waals surface area contributed by atoms with Crippen molar-refractivity contribution < 1.29 is 23.9 Å². The average molecular weight is 396 g/mol. The summed E-state index contributed by atoms with van der Waals surface area (Å²) in [6.07, 6.45) is 0. The van der Waals surface area contributed by atoms with E-state index in [-0.39, 0.29) is 12.5 Å². The van der Waals surface area contributed by atoms with Gasteiger partial charge in [0.05, 0.1) is 11.4 Å². The van der Waals surface area contributed by atoms with Crippen LogP contribution in [0.5, 0.6) is 5.75 Å². The predicted octanol–water partition coefficient (Wildman–Crippen LogP) is 2.99. The van der Waals surface area contributed by atoms with E-state index < -0.39 is 24.0 Å². The molecule has 29 heavy (non-hydrogen) atoms. The largest absolute Gasteiger partial charge is 0.482 e. The summed E-state index contributed by atoms with van der Waals surface area (Å²) in [4.78, 5) is 38.7. The van der Waals surface area contributed by atoms with E-state index in [9.17, 15) is 14.4 Å². The first-order valence-corrected chi connectivity index (χ1v) is 9.29. The van der Waals surface area contributed by atoms with E-state index >= 15 is 0 Å². The molecule has 0 radical (unpaired) electrons. The fraction of sp³-hybridized carbons (Fsp3) is 0.318. The van der Waals surface area contributed by atoms with Crippen LogP contribution >= 0.6 is 0 Å². The zero-order valence-corrected chi connectivity index (χ0v) is 16.9. The first-order valence-electron chi connectivity index (χ1n) is 9.29. The maximum absolute atomic E-state index is 12.8. The molecule has 2 aromatic rings. The molecule has 2 amide bonds. The Labute approximate surface area is 169 Å². The summed E-state index contributed by atoms with van der Waals surface area (Å²) >= 11 is 0. The lowest BCUT2D eigenvalue weighted by Gasteiger charge is -2.41. The van der Waals surface area contributed by atoms with Crippen LogP contribution in [0.2, 0.25) is 0 Å². The summed E-state index contributed by atoms with van der Waals surface area (Å²) in [6.45, 7) is 6.30. The molecule has 1 aliphatic rings. The van der Waals surface area contributed by atoms with Crippen LogP contribution in [0.1, 0.15) is 25.0 Å². The van der Waals surface area contributed by atoms with Gasteiger partial charge in [0.25, 0.3) is 5.91 Å². The third-order valence-electron chi connectivity index (χ3n) is 4.80. The number of nitrogens with zero attached hydrogens (tertiary/aromatic N) is 1. The van der Waals surface area contributed by atoms with Crippen molar-refractivity contribution in [3.63, 3.8) is 0 Å². The van der Waals surface area contributed by atoms with Gasteiger partial charge >= 0.3 is 5.97 Å². The van der Waals surface area contributed by atoms with Crippen LogP contribution in [0.25, 0.3) is 0 Å². The van der Waals surface area contributed by atoms with Crippen LogP contribution in [-0.2, 0) is 19.1 Å². The number of aryl methyl sites for hydroxylation is 2. The van der Waals surface area contributed by atoms with Crippen molar-refractivity contribution in [1.82, 2.24) is 0 Å². The summed E-state index contributed by atoms with van der Waals surface area (Å²) < 4.78 is 10.6. The second kappa shape index (κ2) is 7.95. The smallest absolute Gasteiger partial charge is 0.344 e. The Bertz CT molecular complexity index is 967. The Balaban J connectivity index is 1.64. The monoisotopic (exact) mass is 396 g/mol. The van der Waals surface area contributed by atoms with Gasteiger partial charge in [0, 0.05) is 0 Å². The number of nitrogens with one attached hydrogen (secondary N) is 1. The molecule has 7 heteroatoms. The second-order valence-electron chi connectivity index (χ2n) is 7.48. The number of fused-ring (bicyclic) bond motifs is 1. The number of amides is 2. The van der Waals surface area contributed by atoms with Gasteiger partial charge in [-0.15, -0.1) is 0 Å². The second-order valence-corrected chi connectivity index (χ2v) is 7.48. The molecule has 1 heterocycles. The molecule has 0 bridgehead atoms. The van der Waals surface area contributed by atoms with Crippen molar-refractivity contribution in [3.05, 3.63) is 53.6 Å². The molecule has 3 rings (SSSR count). The number of benzene rings is 2. The average Bonchev–Trinajstić information content (AvgIpc) is 2.67. The standard InChI is InChI=1S/C22H24N2O5/c1-14-9-10-15(2)18(11-14)28-13-20(26)29-12-19(25)24-17-8-6-5-7-16(17)23-21(27)22(24,3)4/h5-11H,12-13H2,1-4H3,(H,23,27). The van der Waals surface area contributed by atoms with Gasteiger partial charge in [-0.2, -0.15) is 0 Å². The molecule has 0 unspecified atom stereocenters. The summed E-state index contributed by atoms with van der Waals surface area (Å²) in [5.41, 5.74) is 1.89. The molecule has 0 spiro atoms. The van der Waals surface area contributed by atoms with Gasteiger partial charge in [-0.25, -0.2) is 4.79 Å². The van der Waals surface area contributed by atoms with Crippen LogP contribution in [0.4, 0.5) is 11.4 Å². The Morgan fingerprint density at radius 3 is 2.55 bits per heavy atom. The van der Waals surface area contributed by atoms with Crippen molar-refractivity contribution in [3.8, 4) is 5.75 Å². The Morgan fingerprint density at radius 2 is 1.79 bits per heavy atom. The van der Waals surface area contributed by atoms with Gasteiger partial charge in [-0.1, -0.05) is 24.3 Å². The van der Waals surface area contributed by atoms with Crippen LogP contribution in [0.3, 0.4) is 0 Å². The molecule has 0 saturated heterocycles. The maximum Gasteiger partial charge on any atom is 0.344 e. The molecule has 1 N–H and O–H groups in total. The molecular weight excluding hydrogens is 372 g/mol. The molecule has 2 aromatic carbocycles. The molecule has 0 saturated carbocycles. The minimum absolute atomic E-state index is 0.308. The van der Waals surface area contributed by atoms with Crippen molar-refractivity contribution in [2.24, 2.45) is 0 Å². The van der Waals surface area contributed by atoms with Gasteiger partial charge in [0.2, 0.25) is 5.91 Å². The number of rotatable bonds is 5. The highest BCUT2D eigenvalue weighted by Gasteiger charge is 2.43. The van der Waals surface area contributed by atoms with E-state index in [0.29, 0.717) is 17.1 Å². The van der Waals surface area contributed by atoms with Gasteiger partial charge in [0.1, 0.15) is 11.3 Å². The topological polar surface area (TPSA) is 84.9 Å². The highest BCUT2D eigenvalue weighted by Crippen LogP contribution is 2.36. The van der Waals surface area contributed by atoms with E-state index in [1.54, 1.807) is 38.1 Å². The number of para-hydroxylation sites is 2. The summed E-state index contributed by atoms with van der Waals surface area (Å²) in [6, 6.07) is 12.7. The zero-order chi connectivity index (χ0) is 21.2. The first-order chi connectivity index (χ1) is 13.7. The highest BCUT2D eigenvalue weighted by atomic mass is 16.6. The third-order valence-corrected chi connectivity index (χ3v) is 4.80. The summed E-state index contributed by atoms with van der Waals surface area (Å²) in [5.74, 6) is -0.866. The number of anilines is 2. The number of esters is 1. The Hall–Kier alpha value is -3.35. The minimum Gasteiger partial charge on any atom is -0.482 e. The lowest BCUT2D eigenvalue weighted by molar-refractivity contribution is -0.150. The third kappa shape index (κ3) is 4.23. The number of hydrogen-bond acceptors (Lipinski definition) is 5. The van der Waals surface area contributed by atoms with Crippen LogP contribution in [0, 0.1) is 13.8 Å². The van der Waals surface area contributed by atoms with Crippen molar-refractivity contribution in [1.29, 1.82) is 0 Å². The van der Waals surface area contributed by atoms with Crippen molar-refractivity contribution >= 4 is 29.2 Å². The molecule has 0 aromatic heterocycles. The van der Waals surface area contributed by atoms with Gasteiger partial charge in [-0.3, -0.25) is 14.5 Å². The van der Waals surface area contributed by atoms with E-state index in [2.05, 4.69) is 5.32 Å². The fourth-order valence-electron chi connectivity index (χ4n) is 3.15. The molecular formula is C22H24N2O5. The van der Waals surface area contributed by atoms with Crippen molar-refractivity contribution in [2.45, 2.75) is 33.2 Å². The van der Waals surface area contributed by atoms with E-state index in [1.165, 1.54) is 4.90 Å². The summed E-state index contributed by atoms with van der Waals surface area (Å²) in [7, 11) is 0. The predicted molar refractivity (Wildman–Crippen MR) is 109 cm³/mol. The van der Waals surface area contributed by atoms with Gasteiger partial charge < -0.3 is 14.8 Å². The van der Waals surface area contributed by atoms with Crippen molar-refractivity contribution in [2.75, 3.05) is 23.4 Å². The molecule has 1 aliphatic heterocycles. The van der Waals surface area contributed by atoms with Crippen LogP contribution in [0.15, 0.2) is 42.5 Å². The molecule has 0 atom stereocenters. The van der Waals surface area contributed by atoms with Crippen LogP contribution in [-0.4, -0.2) is 36.5 Å². The number of hydrogen-bond donors (Lipinski definition) is 1. The molecule has 7 nitrogen and oxygen atoms in total. The molecule has 152 valence electrons. The first kappa shape index (κ1) is 20.4. The lowest BCUT2D eigenvalue weighted by atomic mass is 9.96. The summed E-state index contributed by atoms with van der Waals surface area (Å²) in [5, 5.41) is 2.79. The fourth-order valence-corrected chi connectivity index (χ4v) is 3.15. The van der Waals surface area contributed by atoms with Gasteiger partial charge in [0.15, 0.2) is 13.2 Å².